The van der Waals surface area contributed by atoms with E-state index in [0.29, 0.717) is 18.0 Å². The molecule has 0 saturated carbocycles. The van der Waals surface area contributed by atoms with Gasteiger partial charge in [-0.15, -0.1) is 0 Å². The van der Waals surface area contributed by atoms with Gasteiger partial charge in [-0.25, -0.2) is 0 Å². The summed E-state index contributed by atoms with van der Waals surface area (Å²) < 4.78 is 8.31. The summed E-state index contributed by atoms with van der Waals surface area (Å²) in [4.78, 5) is 11.1. The molecule has 17 heavy (non-hydrogen) atoms. The maximum Gasteiger partial charge on any atom is 0.221 e. The Morgan fingerprint density at radius 3 is 3.06 bits per heavy atom. The van der Waals surface area contributed by atoms with Gasteiger partial charge in [-0.2, -0.15) is 8.75 Å². The summed E-state index contributed by atoms with van der Waals surface area (Å²) >= 11 is 7.23. The van der Waals surface area contributed by atoms with Gasteiger partial charge in [0.15, 0.2) is 0 Å². The summed E-state index contributed by atoms with van der Waals surface area (Å²) in [5.74, 6) is -0.0165. The highest BCUT2D eigenvalue weighted by atomic mass is 35.5. The fourth-order valence-electron chi connectivity index (χ4n) is 1.42. The molecule has 2 rings (SSSR count). The van der Waals surface area contributed by atoms with Gasteiger partial charge in [0.1, 0.15) is 11.0 Å². The summed E-state index contributed by atoms with van der Waals surface area (Å²) in [6.07, 6.45) is 0.390. The number of amides is 1. The van der Waals surface area contributed by atoms with Crippen LogP contribution in [0.5, 0.6) is 0 Å². The standard InChI is InChI=1S/C10H11ClN4OS/c1-12-8(16)4-5-13-9-6(11)2-3-7-10(9)15-17-14-7/h2-3,13H,4-5H2,1H3,(H,12,16). The van der Waals surface area contributed by atoms with E-state index in [1.807, 2.05) is 6.07 Å². The maximum absolute atomic E-state index is 11.1. The largest absolute Gasteiger partial charge is 0.381 e. The molecule has 90 valence electrons. The normalized spacial score (nSPS) is 10.5. The Hall–Kier alpha value is -1.40. The molecule has 5 nitrogen and oxygen atoms in total. The summed E-state index contributed by atoms with van der Waals surface area (Å²) in [5, 5.41) is 6.26. The van der Waals surface area contributed by atoms with Gasteiger partial charge < -0.3 is 10.6 Å². The molecule has 0 aliphatic heterocycles. The minimum absolute atomic E-state index is 0.0165. The van der Waals surface area contributed by atoms with Crippen molar-refractivity contribution >= 4 is 46.0 Å². The fourth-order valence-corrected chi connectivity index (χ4v) is 2.18. The molecule has 0 bridgehead atoms. The Morgan fingerprint density at radius 2 is 2.29 bits per heavy atom. The Kier molecular flexibility index (Phi) is 3.75. The van der Waals surface area contributed by atoms with Gasteiger partial charge >= 0.3 is 0 Å². The zero-order chi connectivity index (χ0) is 12.3. The lowest BCUT2D eigenvalue weighted by atomic mass is 10.2. The van der Waals surface area contributed by atoms with Crippen molar-refractivity contribution in [3.8, 4) is 0 Å². The highest BCUT2D eigenvalue weighted by molar-refractivity contribution is 7.00. The molecule has 1 heterocycles. The highest BCUT2D eigenvalue weighted by Gasteiger charge is 2.09. The summed E-state index contributed by atoms with van der Waals surface area (Å²) in [5.41, 5.74) is 2.29. The van der Waals surface area contributed by atoms with Crippen LogP contribution in [0.15, 0.2) is 12.1 Å². The van der Waals surface area contributed by atoms with Crippen LogP contribution in [-0.2, 0) is 4.79 Å². The van der Waals surface area contributed by atoms with Crippen molar-refractivity contribution in [1.29, 1.82) is 0 Å². The molecule has 0 fully saturated rings. The first-order valence-corrected chi connectivity index (χ1v) is 6.18. The summed E-state index contributed by atoms with van der Waals surface area (Å²) in [7, 11) is 1.61. The molecular formula is C10H11ClN4OS. The third-order valence-electron chi connectivity index (χ3n) is 2.31. The molecule has 1 aromatic carbocycles. The number of carbonyl (C=O) groups is 1. The van der Waals surface area contributed by atoms with Gasteiger partial charge in [-0.3, -0.25) is 4.79 Å². The molecule has 1 aromatic heterocycles. The number of benzene rings is 1. The SMILES string of the molecule is CNC(=O)CCNc1c(Cl)ccc2nsnc12. The van der Waals surface area contributed by atoms with Crippen LogP contribution in [0.25, 0.3) is 11.0 Å². The Morgan fingerprint density at radius 1 is 1.47 bits per heavy atom. The van der Waals surface area contributed by atoms with Crippen LogP contribution >= 0.6 is 23.3 Å². The predicted molar refractivity (Wildman–Crippen MR) is 69.6 cm³/mol. The average Bonchev–Trinajstić information content (AvgIpc) is 2.80. The third kappa shape index (κ3) is 2.65. The van der Waals surface area contributed by atoms with Crippen molar-refractivity contribution in [3.63, 3.8) is 0 Å². The summed E-state index contributed by atoms with van der Waals surface area (Å²) in [6, 6.07) is 3.60. The van der Waals surface area contributed by atoms with E-state index >= 15 is 0 Å². The van der Waals surface area contributed by atoms with Crippen LogP contribution in [0.2, 0.25) is 5.02 Å². The van der Waals surface area contributed by atoms with Crippen molar-refractivity contribution < 1.29 is 4.79 Å². The highest BCUT2D eigenvalue weighted by Crippen LogP contribution is 2.29. The van der Waals surface area contributed by atoms with Crippen LogP contribution < -0.4 is 10.6 Å². The first kappa shape index (κ1) is 12.1. The number of carbonyl (C=O) groups excluding carboxylic acids is 1. The number of fused-ring (bicyclic) bond motifs is 1. The zero-order valence-corrected chi connectivity index (χ0v) is 10.7. The topological polar surface area (TPSA) is 66.9 Å². The molecule has 1 amide bonds. The number of rotatable bonds is 4. The summed E-state index contributed by atoms with van der Waals surface area (Å²) in [6.45, 7) is 0.510. The molecule has 0 spiro atoms. The van der Waals surface area contributed by atoms with Crippen LogP contribution in [0.3, 0.4) is 0 Å². The van der Waals surface area contributed by atoms with Gasteiger partial charge in [-0.1, -0.05) is 11.6 Å². The van der Waals surface area contributed by atoms with E-state index in [4.69, 9.17) is 11.6 Å². The molecule has 0 aliphatic rings. The first-order valence-electron chi connectivity index (χ1n) is 5.07. The van der Waals surface area contributed by atoms with Crippen molar-refractivity contribution in [3.05, 3.63) is 17.2 Å². The molecule has 7 heteroatoms. The number of nitrogens with one attached hydrogen (secondary N) is 2. The lowest BCUT2D eigenvalue weighted by Crippen LogP contribution is -2.20. The number of hydrogen-bond donors (Lipinski definition) is 2. The smallest absolute Gasteiger partial charge is 0.221 e. The fraction of sp³-hybridized carbons (Fsp3) is 0.300. The van der Waals surface area contributed by atoms with Crippen molar-refractivity contribution in [2.45, 2.75) is 6.42 Å². The zero-order valence-electron chi connectivity index (χ0n) is 9.16. The second-order valence-corrected chi connectivity index (χ2v) is 4.34. The van der Waals surface area contributed by atoms with E-state index in [0.717, 1.165) is 28.4 Å². The number of halogens is 1. The molecule has 0 unspecified atom stereocenters. The van der Waals surface area contributed by atoms with Gasteiger partial charge in [0, 0.05) is 20.0 Å². The van der Waals surface area contributed by atoms with Gasteiger partial charge in [0.25, 0.3) is 0 Å². The molecule has 0 saturated heterocycles. The van der Waals surface area contributed by atoms with E-state index in [9.17, 15) is 4.79 Å². The molecule has 0 aliphatic carbocycles. The number of anilines is 1. The lowest BCUT2D eigenvalue weighted by Gasteiger charge is -2.07. The van der Waals surface area contributed by atoms with Crippen molar-refractivity contribution in [2.24, 2.45) is 0 Å². The van der Waals surface area contributed by atoms with E-state index in [1.165, 1.54) is 0 Å². The molecular weight excluding hydrogens is 260 g/mol. The van der Waals surface area contributed by atoms with Gasteiger partial charge in [-0.05, 0) is 12.1 Å². The lowest BCUT2D eigenvalue weighted by molar-refractivity contribution is -0.120. The monoisotopic (exact) mass is 270 g/mol. The Labute approximate surface area is 107 Å². The average molecular weight is 271 g/mol. The van der Waals surface area contributed by atoms with Gasteiger partial charge in [0.05, 0.1) is 22.4 Å². The Balaban J connectivity index is 2.14. The Bertz CT molecular complexity index is 542. The molecule has 0 atom stereocenters. The van der Waals surface area contributed by atoms with E-state index < -0.39 is 0 Å². The number of hydrogen-bond acceptors (Lipinski definition) is 5. The van der Waals surface area contributed by atoms with Crippen LogP contribution in [0.4, 0.5) is 5.69 Å². The molecule has 2 aromatic rings. The van der Waals surface area contributed by atoms with E-state index in [2.05, 4.69) is 19.4 Å². The maximum atomic E-state index is 11.1. The number of aromatic nitrogens is 2. The second kappa shape index (κ2) is 5.29. The minimum atomic E-state index is -0.0165. The van der Waals surface area contributed by atoms with Crippen LogP contribution in [0, 0.1) is 0 Å². The molecule has 0 radical (unpaired) electrons. The molecule has 2 N–H and O–H groups in total. The van der Waals surface area contributed by atoms with Crippen LogP contribution in [-0.4, -0.2) is 28.2 Å². The van der Waals surface area contributed by atoms with Crippen molar-refractivity contribution in [1.82, 2.24) is 14.1 Å². The number of nitrogens with zero attached hydrogens (tertiary/aromatic N) is 2. The van der Waals surface area contributed by atoms with Crippen molar-refractivity contribution in [2.75, 3.05) is 18.9 Å². The predicted octanol–water partition coefficient (Wildman–Crippen LogP) is 1.89. The quantitative estimate of drug-likeness (QED) is 0.890. The third-order valence-corrected chi connectivity index (χ3v) is 3.17. The van der Waals surface area contributed by atoms with E-state index in [1.54, 1.807) is 13.1 Å². The second-order valence-electron chi connectivity index (χ2n) is 3.40. The minimum Gasteiger partial charge on any atom is -0.381 e. The van der Waals surface area contributed by atoms with Gasteiger partial charge in [0.2, 0.25) is 5.91 Å². The first-order chi connectivity index (χ1) is 8.22. The van der Waals surface area contributed by atoms with Crippen LogP contribution in [0.1, 0.15) is 6.42 Å². The van der Waals surface area contributed by atoms with E-state index in [-0.39, 0.29) is 5.91 Å².